The minimum atomic E-state index is -0.990. The Kier molecular flexibility index (Phi) is 3.02. The molecular formula is C10H4BrF2OS. The molecule has 0 aliphatic heterocycles. The minimum Gasteiger partial charge on any atom is -0.452 e. The van der Waals surface area contributed by atoms with Crippen LogP contribution in [0.25, 0.3) is 0 Å². The molecule has 1 heterocycles. The molecule has 15 heavy (non-hydrogen) atoms. The minimum absolute atomic E-state index is 0.137. The maximum Gasteiger partial charge on any atom is 0.201 e. The number of benzene rings is 1. The lowest BCUT2D eigenvalue weighted by Gasteiger charge is -2.05. The molecule has 0 bridgehead atoms. The number of thiophene rings is 1. The van der Waals surface area contributed by atoms with Crippen LogP contribution < -0.4 is 4.74 Å². The Morgan fingerprint density at radius 2 is 2.07 bits per heavy atom. The van der Waals surface area contributed by atoms with Crippen molar-refractivity contribution in [3.05, 3.63) is 45.1 Å². The van der Waals surface area contributed by atoms with E-state index in [1.807, 2.05) is 0 Å². The zero-order valence-electron chi connectivity index (χ0n) is 7.26. The van der Waals surface area contributed by atoms with Gasteiger partial charge in [-0.05, 0) is 28.1 Å². The molecule has 0 aliphatic carbocycles. The summed E-state index contributed by atoms with van der Waals surface area (Å²) in [6, 6.07) is 3.79. The monoisotopic (exact) mass is 289 g/mol. The van der Waals surface area contributed by atoms with Crippen LogP contribution in [0.1, 0.15) is 0 Å². The van der Waals surface area contributed by atoms with E-state index in [1.54, 1.807) is 5.38 Å². The van der Waals surface area contributed by atoms with E-state index in [-0.39, 0.29) is 5.75 Å². The van der Waals surface area contributed by atoms with Crippen molar-refractivity contribution in [3.63, 3.8) is 0 Å². The molecule has 1 aromatic heterocycles. The van der Waals surface area contributed by atoms with E-state index in [0.29, 0.717) is 10.2 Å². The van der Waals surface area contributed by atoms with Gasteiger partial charge in [-0.25, -0.2) is 4.39 Å². The molecule has 1 aromatic carbocycles. The van der Waals surface area contributed by atoms with Gasteiger partial charge in [0.25, 0.3) is 0 Å². The first kappa shape index (κ1) is 10.6. The van der Waals surface area contributed by atoms with Crippen LogP contribution in [0.5, 0.6) is 11.5 Å². The molecule has 1 nitrogen and oxygen atoms in total. The first-order valence-corrected chi connectivity index (χ1v) is 5.62. The molecule has 0 amide bonds. The molecular weight excluding hydrogens is 286 g/mol. The molecule has 0 saturated heterocycles. The number of hydrogen-bond donors (Lipinski definition) is 0. The number of halogens is 3. The Bertz CT molecular complexity index is 484. The first-order chi connectivity index (χ1) is 7.18. The quantitative estimate of drug-likeness (QED) is 0.797. The van der Waals surface area contributed by atoms with Crippen molar-refractivity contribution in [2.45, 2.75) is 0 Å². The molecule has 0 atom stereocenters. The first-order valence-electron chi connectivity index (χ1n) is 3.95. The largest absolute Gasteiger partial charge is 0.452 e. The van der Waals surface area contributed by atoms with Gasteiger partial charge in [-0.3, -0.25) is 0 Å². The van der Waals surface area contributed by atoms with Gasteiger partial charge in [0.15, 0.2) is 17.3 Å². The van der Waals surface area contributed by atoms with Crippen LogP contribution in [-0.2, 0) is 0 Å². The summed E-state index contributed by atoms with van der Waals surface area (Å²) in [5, 5.41) is 4.49. The summed E-state index contributed by atoms with van der Waals surface area (Å²) in [4.78, 5) is 0. The third-order valence-corrected chi connectivity index (χ3v) is 3.17. The lowest BCUT2D eigenvalue weighted by molar-refractivity contribution is 0.415. The van der Waals surface area contributed by atoms with E-state index in [4.69, 9.17) is 4.74 Å². The summed E-state index contributed by atoms with van der Waals surface area (Å²) in [6.07, 6.45) is 0. The number of rotatable bonds is 2. The Labute approximate surface area is 97.4 Å². The van der Waals surface area contributed by atoms with Gasteiger partial charge in [-0.2, -0.15) is 4.39 Å². The topological polar surface area (TPSA) is 9.23 Å². The van der Waals surface area contributed by atoms with E-state index in [9.17, 15) is 8.78 Å². The maximum atomic E-state index is 13.2. The van der Waals surface area contributed by atoms with E-state index >= 15 is 0 Å². The zero-order valence-corrected chi connectivity index (χ0v) is 9.66. The van der Waals surface area contributed by atoms with Gasteiger partial charge in [0.2, 0.25) is 5.82 Å². The summed E-state index contributed by atoms with van der Waals surface area (Å²) in [5.41, 5.74) is 0. The molecule has 0 unspecified atom stereocenters. The summed E-state index contributed by atoms with van der Waals surface area (Å²) in [7, 11) is 0. The SMILES string of the molecule is Fc1cccc(Oc2cs[c]c2Br)c1F. The second kappa shape index (κ2) is 4.28. The molecule has 0 N–H and O–H groups in total. The van der Waals surface area contributed by atoms with Gasteiger partial charge in [-0.1, -0.05) is 6.07 Å². The van der Waals surface area contributed by atoms with Crippen LogP contribution in [0, 0.1) is 17.0 Å². The van der Waals surface area contributed by atoms with Crippen molar-refractivity contribution in [3.8, 4) is 11.5 Å². The lowest BCUT2D eigenvalue weighted by Crippen LogP contribution is -1.90. The van der Waals surface area contributed by atoms with Crippen molar-refractivity contribution in [1.29, 1.82) is 0 Å². The Hall–Kier alpha value is -0.940. The Balaban J connectivity index is 2.33. The lowest BCUT2D eigenvalue weighted by atomic mass is 10.3. The van der Waals surface area contributed by atoms with Gasteiger partial charge in [0.05, 0.1) is 9.85 Å². The fraction of sp³-hybridized carbons (Fsp3) is 0. The third-order valence-electron chi connectivity index (χ3n) is 1.67. The summed E-state index contributed by atoms with van der Waals surface area (Å²) < 4.78 is 31.8. The predicted octanol–water partition coefficient (Wildman–Crippen LogP) is 4.38. The fourth-order valence-corrected chi connectivity index (χ4v) is 2.15. The van der Waals surface area contributed by atoms with Crippen molar-refractivity contribution < 1.29 is 13.5 Å². The summed E-state index contributed by atoms with van der Waals surface area (Å²) >= 11 is 4.46. The highest BCUT2D eigenvalue weighted by Crippen LogP contribution is 2.33. The Morgan fingerprint density at radius 1 is 1.27 bits per heavy atom. The fourth-order valence-electron chi connectivity index (χ4n) is 0.987. The molecule has 2 rings (SSSR count). The van der Waals surface area contributed by atoms with E-state index in [0.717, 1.165) is 6.07 Å². The van der Waals surface area contributed by atoms with Crippen molar-refractivity contribution in [2.24, 2.45) is 0 Å². The highest BCUT2D eigenvalue weighted by atomic mass is 79.9. The van der Waals surface area contributed by atoms with Gasteiger partial charge in [-0.15, -0.1) is 11.3 Å². The smallest absolute Gasteiger partial charge is 0.201 e. The van der Waals surface area contributed by atoms with Gasteiger partial charge in [0, 0.05) is 5.38 Å². The Morgan fingerprint density at radius 3 is 2.73 bits per heavy atom. The molecule has 1 radical (unpaired) electrons. The van der Waals surface area contributed by atoms with Crippen LogP contribution in [0.15, 0.2) is 28.1 Å². The highest BCUT2D eigenvalue weighted by molar-refractivity contribution is 9.10. The second-order valence-corrected chi connectivity index (χ2v) is 4.14. The van der Waals surface area contributed by atoms with E-state index < -0.39 is 11.6 Å². The van der Waals surface area contributed by atoms with Crippen molar-refractivity contribution in [2.75, 3.05) is 0 Å². The van der Waals surface area contributed by atoms with E-state index in [2.05, 4.69) is 21.3 Å². The van der Waals surface area contributed by atoms with E-state index in [1.165, 1.54) is 23.5 Å². The zero-order chi connectivity index (χ0) is 10.8. The van der Waals surface area contributed by atoms with Crippen LogP contribution in [0.2, 0.25) is 0 Å². The summed E-state index contributed by atoms with van der Waals surface area (Å²) in [5.74, 6) is -1.63. The summed E-state index contributed by atoms with van der Waals surface area (Å²) in [6.45, 7) is 0. The van der Waals surface area contributed by atoms with Gasteiger partial charge >= 0.3 is 0 Å². The highest BCUT2D eigenvalue weighted by Gasteiger charge is 2.11. The maximum absolute atomic E-state index is 13.2. The van der Waals surface area contributed by atoms with Crippen LogP contribution >= 0.6 is 27.3 Å². The van der Waals surface area contributed by atoms with Crippen molar-refractivity contribution >= 4 is 27.3 Å². The molecule has 5 heteroatoms. The predicted molar refractivity (Wildman–Crippen MR) is 57.3 cm³/mol. The van der Waals surface area contributed by atoms with Crippen molar-refractivity contribution in [1.82, 2.24) is 0 Å². The normalized spacial score (nSPS) is 10.3. The molecule has 0 saturated carbocycles. The molecule has 2 aromatic rings. The van der Waals surface area contributed by atoms with Gasteiger partial charge < -0.3 is 4.74 Å². The van der Waals surface area contributed by atoms with Crippen LogP contribution in [0.3, 0.4) is 0 Å². The average Bonchev–Trinajstić information content (AvgIpc) is 2.60. The molecule has 0 fully saturated rings. The molecule has 0 aliphatic rings. The standard InChI is InChI=1S/C10H4BrF2OS/c11-6-4-15-5-9(6)14-8-3-1-2-7(12)10(8)13/h1-3,5H. The number of ether oxygens (including phenoxy) is 1. The number of hydrogen-bond acceptors (Lipinski definition) is 2. The second-order valence-electron chi connectivity index (χ2n) is 2.67. The molecule has 0 spiro atoms. The molecule has 77 valence electrons. The van der Waals surface area contributed by atoms with Crippen LogP contribution in [0.4, 0.5) is 8.78 Å². The van der Waals surface area contributed by atoms with Crippen LogP contribution in [-0.4, -0.2) is 0 Å². The average molecular weight is 290 g/mol. The van der Waals surface area contributed by atoms with Gasteiger partial charge in [0.1, 0.15) is 0 Å². The third kappa shape index (κ3) is 2.18.